The predicted molar refractivity (Wildman–Crippen MR) is 77.5 cm³/mol. The van der Waals surface area contributed by atoms with Gasteiger partial charge in [-0.05, 0) is 24.8 Å². The van der Waals surface area contributed by atoms with E-state index in [1.54, 1.807) is 24.0 Å². The molecule has 0 fully saturated rings. The van der Waals surface area contributed by atoms with Crippen LogP contribution in [0.1, 0.15) is 28.9 Å². The predicted octanol–water partition coefficient (Wildman–Crippen LogP) is 1.56. The highest BCUT2D eigenvalue weighted by molar-refractivity contribution is 7.99. The summed E-state index contributed by atoms with van der Waals surface area (Å²) in [7, 11) is 1.87. The third kappa shape index (κ3) is 3.36. The number of aryl methyl sites for hydroxylation is 1. The summed E-state index contributed by atoms with van der Waals surface area (Å²) in [4.78, 5) is 16.2. The van der Waals surface area contributed by atoms with E-state index < -0.39 is 0 Å². The summed E-state index contributed by atoms with van der Waals surface area (Å²) >= 11 is 1.65. The van der Waals surface area contributed by atoms with Gasteiger partial charge in [-0.15, -0.1) is 22.0 Å². The van der Waals surface area contributed by atoms with Crippen molar-refractivity contribution in [2.75, 3.05) is 5.75 Å². The molecular weight excluding hydrogens is 274 g/mol. The van der Waals surface area contributed by atoms with Gasteiger partial charge >= 0.3 is 0 Å². The Morgan fingerprint density at radius 3 is 2.75 bits per heavy atom. The third-order valence-corrected chi connectivity index (χ3v) is 3.71. The number of amides is 1. The van der Waals surface area contributed by atoms with Gasteiger partial charge in [0.1, 0.15) is 5.82 Å². The van der Waals surface area contributed by atoms with Crippen molar-refractivity contribution in [3.05, 3.63) is 35.5 Å². The number of thioether (sulfide) groups is 1. The van der Waals surface area contributed by atoms with E-state index in [0.29, 0.717) is 12.1 Å². The second kappa shape index (κ2) is 6.51. The van der Waals surface area contributed by atoms with Crippen LogP contribution in [0, 0.1) is 6.92 Å². The lowest BCUT2D eigenvalue weighted by Crippen LogP contribution is -2.24. The zero-order valence-corrected chi connectivity index (χ0v) is 12.6. The van der Waals surface area contributed by atoms with E-state index in [4.69, 9.17) is 0 Å². The minimum Gasteiger partial charge on any atom is -0.345 e. The van der Waals surface area contributed by atoms with Crippen molar-refractivity contribution in [3.8, 4) is 0 Å². The first kappa shape index (κ1) is 14.5. The van der Waals surface area contributed by atoms with Gasteiger partial charge in [0, 0.05) is 13.2 Å². The van der Waals surface area contributed by atoms with Crippen molar-refractivity contribution in [1.82, 2.24) is 25.1 Å². The molecule has 0 atom stereocenters. The third-order valence-electron chi connectivity index (χ3n) is 2.88. The number of nitrogens with zero attached hydrogens (tertiary/aromatic N) is 4. The molecule has 0 aliphatic rings. The van der Waals surface area contributed by atoms with Crippen molar-refractivity contribution >= 4 is 17.7 Å². The summed E-state index contributed by atoms with van der Waals surface area (Å²) in [6.07, 6.45) is 1.59. The Bertz CT molecular complexity index is 593. The van der Waals surface area contributed by atoms with Crippen LogP contribution in [0.25, 0.3) is 0 Å². The fraction of sp³-hybridized carbons (Fsp3) is 0.385. The lowest BCUT2D eigenvalue weighted by Gasteiger charge is -2.05. The number of pyridine rings is 1. The second-order valence-corrected chi connectivity index (χ2v) is 5.51. The molecule has 2 rings (SSSR count). The van der Waals surface area contributed by atoms with Crippen molar-refractivity contribution in [1.29, 1.82) is 0 Å². The van der Waals surface area contributed by atoms with Crippen molar-refractivity contribution in [2.24, 2.45) is 7.05 Å². The van der Waals surface area contributed by atoms with Crippen LogP contribution in [-0.2, 0) is 13.6 Å². The molecule has 20 heavy (non-hydrogen) atoms. The van der Waals surface area contributed by atoms with Crippen LogP contribution >= 0.6 is 11.8 Å². The molecule has 6 nitrogen and oxygen atoms in total. The molecule has 0 aliphatic carbocycles. The maximum absolute atomic E-state index is 12.0. The molecule has 7 heteroatoms. The van der Waals surface area contributed by atoms with Crippen LogP contribution in [0.2, 0.25) is 0 Å². The first-order valence-electron chi connectivity index (χ1n) is 6.33. The maximum atomic E-state index is 12.0. The van der Waals surface area contributed by atoms with Crippen LogP contribution < -0.4 is 5.32 Å². The van der Waals surface area contributed by atoms with Gasteiger partial charge in [0.2, 0.25) is 0 Å². The van der Waals surface area contributed by atoms with Crippen molar-refractivity contribution in [2.45, 2.75) is 25.4 Å². The molecular formula is C13H17N5OS. The number of hydrogen-bond acceptors (Lipinski definition) is 5. The first-order valence-corrected chi connectivity index (χ1v) is 7.32. The summed E-state index contributed by atoms with van der Waals surface area (Å²) in [6, 6.07) is 3.64. The molecule has 0 spiro atoms. The van der Waals surface area contributed by atoms with E-state index in [2.05, 4.69) is 27.4 Å². The quantitative estimate of drug-likeness (QED) is 0.846. The summed E-state index contributed by atoms with van der Waals surface area (Å²) < 4.78 is 1.85. The molecule has 2 aromatic heterocycles. The Kier molecular flexibility index (Phi) is 4.73. The average molecular weight is 291 g/mol. The van der Waals surface area contributed by atoms with E-state index in [-0.39, 0.29) is 5.91 Å². The molecule has 2 heterocycles. The van der Waals surface area contributed by atoms with Gasteiger partial charge in [-0.3, -0.25) is 4.79 Å². The molecule has 1 amide bonds. The van der Waals surface area contributed by atoms with Crippen LogP contribution in [-0.4, -0.2) is 31.4 Å². The minimum atomic E-state index is -0.161. The van der Waals surface area contributed by atoms with Gasteiger partial charge in [0.25, 0.3) is 5.91 Å². The zero-order valence-electron chi connectivity index (χ0n) is 11.8. The Hall–Kier alpha value is -1.89. The fourth-order valence-electron chi connectivity index (χ4n) is 1.61. The largest absolute Gasteiger partial charge is 0.345 e. The summed E-state index contributed by atoms with van der Waals surface area (Å²) in [6.45, 7) is 4.28. The molecule has 0 radical (unpaired) electrons. The number of hydrogen-bond donors (Lipinski definition) is 1. The van der Waals surface area contributed by atoms with Gasteiger partial charge in [0.05, 0.1) is 17.1 Å². The van der Waals surface area contributed by atoms with Crippen LogP contribution in [0.4, 0.5) is 0 Å². The monoisotopic (exact) mass is 291 g/mol. The van der Waals surface area contributed by atoms with Crippen molar-refractivity contribution in [3.63, 3.8) is 0 Å². The van der Waals surface area contributed by atoms with Gasteiger partial charge < -0.3 is 9.88 Å². The van der Waals surface area contributed by atoms with Gasteiger partial charge in [-0.2, -0.15) is 0 Å². The molecule has 0 saturated carbocycles. The smallest absolute Gasteiger partial charge is 0.253 e. The van der Waals surface area contributed by atoms with Gasteiger partial charge in [-0.1, -0.05) is 6.92 Å². The molecule has 0 saturated heterocycles. The summed E-state index contributed by atoms with van der Waals surface area (Å²) in [5.41, 5.74) is 0.546. The SMILES string of the molecule is CCSc1ccc(C(=O)NCc2nnc(C)n2C)cn1. The highest BCUT2D eigenvalue weighted by Crippen LogP contribution is 2.14. The summed E-state index contributed by atoms with van der Waals surface area (Å²) in [5.74, 6) is 2.34. The average Bonchev–Trinajstić information content (AvgIpc) is 2.77. The highest BCUT2D eigenvalue weighted by Gasteiger charge is 2.09. The van der Waals surface area contributed by atoms with E-state index in [1.165, 1.54) is 0 Å². The molecule has 0 unspecified atom stereocenters. The Labute approximate surface area is 122 Å². The minimum absolute atomic E-state index is 0.161. The van der Waals surface area contributed by atoms with E-state index in [0.717, 1.165) is 22.4 Å². The van der Waals surface area contributed by atoms with Crippen LogP contribution in [0.5, 0.6) is 0 Å². The Balaban J connectivity index is 1.96. The Morgan fingerprint density at radius 2 is 2.20 bits per heavy atom. The Morgan fingerprint density at radius 1 is 1.40 bits per heavy atom. The standard InChI is InChI=1S/C13H17N5OS/c1-4-20-12-6-5-10(7-14-12)13(19)15-8-11-17-16-9(2)18(11)3/h5-7H,4,8H2,1-3H3,(H,15,19). The maximum Gasteiger partial charge on any atom is 0.253 e. The lowest BCUT2D eigenvalue weighted by atomic mass is 10.3. The summed E-state index contributed by atoms with van der Waals surface area (Å²) in [5, 5.41) is 11.7. The van der Waals surface area contributed by atoms with Crippen molar-refractivity contribution < 1.29 is 4.79 Å². The molecule has 0 aliphatic heterocycles. The van der Waals surface area contributed by atoms with Crippen LogP contribution in [0.3, 0.4) is 0 Å². The molecule has 2 aromatic rings. The van der Waals surface area contributed by atoms with E-state index in [9.17, 15) is 4.79 Å². The molecule has 106 valence electrons. The number of nitrogens with one attached hydrogen (secondary N) is 1. The van der Waals surface area contributed by atoms with Gasteiger partial charge in [-0.25, -0.2) is 4.98 Å². The molecule has 0 aromatic carbocycles. The molecule has 0 bridgehead atoms. The van der Waals surface area contributed by atoms with E-state index >= 15 is 0 Å². The topological polar surface area (TPSA) is 72.7 Å². The normalized spacial score (nSPS) is 10.6. The number of carbonyl (C=O) groups is 1. The number of aromatic nitrogens is 4. The second-order valence-electron chi connectivity index (χ2n) is 4.22. The van der Waals surface area contributed by atoms with Gasteiger partial charge in [0.15, 0.2) is 5.82 Å². The first-order chi connectivity index (χ1) is 9.61. The molecule has 1 N–H and O–H groups in total. The number of rotatable bonds is 5. The fourth-order valence-corrected chi connectivity index (χ4v) is 2.20. The lowest BCUT2D eigenvalue weighted by molar-refractivity contribution is 0.0949. The van der Waals surface area contributed by atoms with Crippen LogP contribution in [0.15, 0.2) is 23.4 Å². The number of carbonyl (C=O) groups excluding carboxylic acids is 1. The zero-order chi connectivity index (χ0) is 14.5. The van der Waals surface area contributed by atoms with E-state index in [1.807, 2.05) is 24.6 Å². The highest BCUT2D eigenvalue weighted by atomic mass is 32.2.